The second-order valence-corrected chi connectivity index (χ2v) is 22.5. The Morgan fingerprint density at radius 3 is 2.21 bits per heavy atom. The maximum absolute atomic E-state index is 13.9. The fraction of sp³-hybridized carbons (Fsp3) is 0.672. The first kappa shape index (κ1) is 63.7. The van der Waals surface area contributed by atoms with Crippen molar-refractivity contribution in [1.29, 1.82) is 0 Å². The summed E-state index contributed by atoms with van der Waals surface area (Å²) in [5.41, 5.74) is 0.00281. The standard InChI is InChI=1S/C58H84N4O19S/c1-9-60(7)20-22-73-52-46(67)32(6)44(28-63)78-56(52)80-50-33(24-43(47(68)48(50)69)77-51-45(29-64)79-55(72-8)53(49(51)70)74-23-21-62(12-4,13-5)31-61(10-2)11-3)30-75-57(82)59-34-14-17-38-37(25-34)54(71)81-58(38)39-18-15-35(65)26-41(39)76-42-27-36(66)16-19-40(42)58/h14-19,25-27,32-33,39,43-53,55-56,63-64,67-70H,9-13,20-24,28-31H2,1-8H3,(H-,59,66,82)/p+1/t32-,33?,39?,43-,44?,45?,46+,47?,48-,49+,50-,51-,52?,53?,55-,56+,58?/m1/s1. The van der Waals surface area contributed by atoms with Gasteiger partial charge in [-0.15, -0.1) is 0 Å². The molecule has 2 saturated heterocycles. The predicted octanol–water partition coefficient (Wildman–Crippen LogP) is 1.75. The van der Waals surface area contributed by atoms with E-state index in [4.69, 9.17) is 59.6 Å². The average molecular weight is 1170 g/mol. The molecule has 6 aliphatic rings. The summed E-state index contributed by atoms with van der Waals surface area (Å²) in [4.78, 5) is 30.8. The van der Waals surface area contributed by atoms with Crippen molar-refractivity contribution in [2.75, 3.05) is 105 Å². The Morgan fingerprint density at radius 1 is 0.829 bits per heavy atom. The smallest absolute Gasteiger partial charge is 0.339 e. The molecule has 1 saturated carbocycles. The molecule has 8 N–H and O–H groups in total. The van der Waals surface area contributed by atoms with Crippen LogP contribution in [0.2, 0.25) is 0 Å². The number of methoxy groups -OCH3 is 1. The van der Waals surface area contributed by atoms with Crippen molar-refractivity contribution >= 4 is 34.8 Å². The van der Waals surface area contributed by atoms with Gasteiger partial charge < -0.3 is 97.8 Å². The number of esters is 1. The zero-order valence-corrected chi connectivity index (χ0v) is 48.9. The number of phenolic OH excluding ortho intramolecular Hbond substituents is 1. The summed E-state index contributed by atoms with van der Waals surface area (Å²) in [7, 11) is 3.32. The average Bonchev–Trinajstić information content (AvgIpc) is 1.67. The van der Waals surface area contributed by atoms with Crippen molar-refractivity contribution in [3.05, 3.63) is 77.1 Å². The van der Waals surface area contributed by atoms with Gasteiger partial charge in [0.05, 0.1) is 82.0 Å². The van der Waals surface area contributed by atoms with Gasteiger partial charge in [-0.25, -0.2) is 4.79 Å². The maximum Gasteiger partial charge on any atom is 0.339 e. The largest absolute Gasteiger partial charge is 0.508 e. The summed E-state index contributed by atoms with van der Waals surface area (Å²) in [6.07, 6.45) is -12.4. The van der Waals surface area contributed by atoms with Crippen LogP contribution in [0.25, 0.3) is 0 Å². The monoisotopic (exact) mass is 1170 g/mol. The molecule has 3 fully saturated rings. The van der Waals surface area contributed by atoms with Gasteiger partial charge in [0.15, 0.2) is 24.0 Å². The van der Waals surface area contributed by atoms with Gasteiger partial charge in [0.2, 0.25) is 0 Å². The number of ketones is 1. The highest BCUT2D eigenvalue weighted by Gasteiger charge is 2.58. The van der Waals surface area contributed by atoms with E-state index in [1.165, 1.54) is 31.4 Å². The number of nitrogens with zero attached hydrogens (tertiary/aromatic N) is 3. The first-order valence-corrected chi connectivity index (χ1v) is 29.1. The fourth-order valence-electron chi connectivity index (χ4n) is 12.1. The van der Waals surface area contributed by atoms with Gasteiger partial charge >= 0.3 is 5.97 Å². The molecule has 0 radical (unpaired) electrons. The lowest BCUT2D eigenvalue weighted by Crippen LogP contribution is -2.65. The number of rotatable bonds is 25. The molecule has 8 rings (SSSR count). The number of hydrogen-bond donors (Lipinski definition) is 8. The lowest BCUT2D eigenvalue weighted by molar-refractivity contribution is -0.934. The summed E-state index contributed by atoms with van der Waals surface area (Å²) >= 11 is 5.75. The third-order valence-corrected chi connectivity index (χ3v) is 17.7. The van der Waals surface area contributed by atoms with Crippen LogP contribution in [0.5, 0.6) is 11.5 Å². The second kappa shape index (κ2) is 27.8. The van der Waals surface area contributed by atoms with Crippen LogP contribution in [0.4, 0.5) is 5.69 Å². The second-order valence-electron chi connectivity index (χ2n) is 22.1. The van der Waals surface area contributed by atoms with Crippen molar-refractivity contribution in [3.8, 4) is 11.5 Å². The molecule has 24 heteroatoms. The Hall–Kier alpha value is -4.29. The Balaban J connectivity index is 1.04. The number of benzene rings is 2. The Labute approximate surface area is 484 Å². The van der Waals surface area contributed by atoms with Crippen LogP contribution in [0.15, 0.2) is 60.4 Å². The van der Waals surface area contributed by atoms with Crippen molar-refractivity contribution in [2.24, 2.45) is 17.8 Å². The van der Waals surface area contributed by atoms with E-state index in [9.17, 15) is 45.3 Å². The van der Waals surface area contributed by atoms with E-state index >= 15 is 0 Å². The lowest BCUT2D eigenvalue weighted by Gasteiger charge is -2.49. The molecular formula is C58H85N4O19S+. The van der Waals surface area contributed by atoms with E-state index in [0.29, 0.717) is 29.9 Å². The molecule has 0 bridgehead atoms. The Bertz CT molecular complexity index is 2570. The van der Waals surface area contributed by atoms with Gasteiger partial charge in [0.25, 0.3) is 5.17 Å². The minimum absolute atomic E-state index is 0.0900. The summed E-state index contributed by atoms with van der Waals surface area (Å²) < 4.78 is 63.2. The number of thiocarbonyl (C=S) groups is 1. The molecule has 82 heavy (non-hydrogen) atoms. The molecule has 4 aliphatic heterocycles. The molecule has 456 valence electrons. The number of carbonyl (C=O) groups is 2. The third kappa shape index (κ3) is 13.2. The molecule has 0 amide bonds. The number of nitrogens with one attached hydrogen (secondary N) is 1. The third-order valence-electron chi connectivity index (χ3n) is 17.5. The number of carbonyl (C=O) groups excluding carboxylic acids is 2. The number of aliphatic hydroxyl groups excluding tert-OH is 6. The summed E-state index contributed by atoms with van der Waals surface area (Å²) in [5, 5.41) is 82.3. The van der Waals surface area contributed by atoms with E-state index in [1.807, 2.05) is 18.9 Å². The molecule has 2 aromatic rings. The van der Waals surface area contributed by atoms with Crippen LogP contribution >= 0.6 is 12.2 Å². The number of likely N-dealkylation sites (N-methyl/N-ethyl adjacent to an activating group) is 2. The van der Waals surface area contributed by atoms with Crippen molar-refractivity contribution < 1.29 is 97.2 Å². The van der Waals surface area contributed by atoms with E-state index in [0.717, 1.165) is 43.9 Å². The molecule has 8 unspecified atom stereocenters. The van der Waals surface area contributed by atoms with Gasteiger partial charge in [-0.05, 0) is 76.4 Å². The van der Waals surface area contributed by atoms with Gasteiger partial charge in [0, 0.05) is 67.5 Å². The fourth-order valence-corrected chi connectivity index (χ4v) is 12.3. The van der Waals surface area contributed by atoms with E-state index in [2.05, 4.69) is 37.9 Å². The number of hydrogen-bond acceptors (Lipinski definition) is 22. The number of phenols is 1. The molecule has 23 nitrogen and oxygen atoms in total. The van der Waals surface area contributed by atoms with Gasteiger partial charge in [0.1, 0.15) is 73.2 Å². The topological polar surface area (TPSA) is 287 Å². The summed E-state index contributed by atoms with van der Waals surface area (Å²) in [6.45, 7) is 17.4. The highest BCUT2D eigenvalue weighted by Crippen LogP contribution is 2.57. The van der Waals surface area contributed by atoms with Crippen LogP contribution in [-0.4, -0.2) is 246 Å². The first-order valence-electron chi connectivity index (χ1n) is 28.7. The number of quaternary nitrogens is 1. The molecule has 4 heterocycles. The van der Waals surface area contributed by atoms with Crippen LogP contribution in [-0.2, 0) is 53.0 Å². The summed E-state index contributed by atoms with van der Waals surface area (Å²) in [6, 6.07) is 9.38. The van der Waals surface area contributed by atoms with Crippen LogP contribution < -0.4 is 10.1 Å². The maximum atomic E-state index is 13.9. The number of anilines is 1. The number of ether oxygens (including phenoxy) is 10. The minimum Gasteiger partial charge on any atom is -0.508 e. The predicted molar refractivity (Wildman–Crippen MR) is 299 cm³/mol. The molecule has 2 aromatic carbocycles. The Kier molecular flexibility index (Phi) is 21.6. The molecule has 1 spiro atoms. The number of aromatic hydroxyl groups is 1. The molecular weight excluding hydrogens is 1090 g/mol. The number of aliphatic hydroxyl groups is 6. The first-order chi connectivity index (χ1) is 39.3. The molecule has 17 atom stereocenters. The molecule has 2 aliphatic carbocycles. The summed E-state index contributed by atoms with van der Waals surface area (Å²) in [5.74, 6) is -2.82. The van der Waals surface area contributed by atoms with E-state index in [1.54, 1.807) is 37.3 Å². The quantitative estimate of drug-likeness (QED) is 0.0304. The van der Waals surface area contributed by atoms with Gasteiger partial charge in [-0.3, -0.25) is 9.69 Å². The van der Waals surface area contributed by atoms with Crippen LogP contribution in [0.1, 0.15) is 69.4 Å². The highest BCUT2D eigenvalue weighted by molar-refractivity contribution is 7.80. The normalized spacial score (nSPS) is 33.4. The van der Waals surface area contributed by atoms with Gasteiger partial charge in [-0.2, -0.15) is 0 Å². The Morgan fingerprint density at radius 2 is 1.52 bits per heavy atom. The van der Waals surface area contributed by atoms with E-state index in [-0.39, 0.29) is 60.0 Å². The zero-order valence-electron chi connectivity index (χ0n) is 48.1. The molecule has 0 aromatic heterocycles. The van der Waals surface area contributed by atoms with Crippen LogP contribution in [0, 0.1) is 17.8 Å². The van der Waals surface area contributed by atoms with Gasteiger partial charge in [-0.1, -0.05) is 39.8 Å². The van der Waals surface area contributed by atoms with Crippen LogP contribution in [0.3, 0.4) is 0 Å². The van der Waals surface area contributed by atoms with E-state index < -0.39 is 122 Å². The van der Waals surface area contributed by atoms with Crippen molar-refractivity contribution in [3.63, 3.8) is 0 Å². The lowest BCUT2D eigenvalue weighted by atomic mass is 9.71. The number of allylic oxidation sites excluding steroid dienone is 2. The van der Waals surface area contributed by atoms with Crippen molar-refractivity contribution in [1.82, 2.24) is 9.80 Å². The van der Waals surface area contributed by atoms with Crippen molar-refractivity contribution in [2.45, 2.75) is 133 Å². The SMILES string of the molecule is CCN(C)CCOC1[C@H](O[C@@H]2C(COC(=S)Nc3ccc4c(c3)C(=O)OC43c4ccc(O)cc4OC4=CC(=O)C=CC43)C[C@@H](O[C@@H]3C(CO)O[C@@H](OC)C(OCC[N+](CC)(CC)CN(CC)CC)[C@H]3O)C(O)[C@H]2O)OC(CO)[C@@H](C)[C@@H]1O. The zero-order chi connectivity index (χ0) is 59.2. The highest BCUT2D eigenvalue weighted by atomic mass is 32.1. The minimum atomic E-state index is -1.75. The number of fused-ring (bicyclic) bond motifs is 6.